The highest BCUT2D eigenvalue weighted by molar-refractivity contribution is 9.09. The number of unbranched alkanes of at least 4 members (excludes halogenated alkanes) is 9. The van der Waals surface area contributed by atoms with Crippen LogP contribution in [0.3, 0.4) is 0 Å². The van der Waals surface area contributed by atoms with Gasteiger partial charge in [0, 0.05) is 17.4 Å². The normalized spacial score (nSPS) is 23.1. The van der Waals surface area contributed by atoms with Gasteiger partial charge in [-0.05, 0) is 19.3 Å². The number of alkyl halides is 1. The SMILES string of the molecule is CCCCCCCCCCCCC1(CBr)CCCOC1. The summed E-state index contributed by atoms with van der Waals surface area (Å²) in [5, 5.41) is 1.12. The molecule has 1 atom stereocenters. The molecule has 1 saturated heterocycles. The Morgan fingerprint density at radius 1 is 0.900 bits per heavy atom. The predicted octanol–water partition coefficient (Wildman–Crippen LogP) is 6.49. The largest absolute Gasteiger partial charge is 0.381 e. The standard InChI is InChI=1S/C18H35BrO/c1-2-3-4-5-6-7-8-9-10-11-13-18(16-19)14-12-15-20-17-18/h2-17H2,1H3. The molecule has 0 aromatic heterocycles. The smallest absolute Gasteiger partial charge is 0.0530 e. The summed E-state index contributed by atoms with van der Waals surface area (Å²) >= 11 is 3.71. The zero-order chi connectivity index (χ0) is 14.5. The molecule has 1 nitrogen and oxygen atoms in total. The highest BCUT2D eigenvalue weighted by Gasteiger charge is 2.30. The number of ether oxygens (including phenoxy) is 1. The van der Waals surface area contributed by atoms with Gasteiger partial charge in [0.05, 0.1) is 6.61 Å². The molecule has 1 unspecified atom stereocenters. The van der Waals surface area contributed by atoms with Crippen LogP contribution in [0.5, 0.6) is 0 Å². The van der Waals surface area contributed by atoms with E-state index in [1.165, 1.54) is 83.5 Å². The van der Waals surface area contributed by atoms with Gasteiger partial charge in [-0.2, -0.15) is 0 Å². The maximum absolute atomic E-state index is 5.69. The minimum atomic E-state index is 0.457. The molecule has 0 bridgehead atoms. The molecular formula is C18H35BrO. The van der Waals surface area contributed by atoms with Crippen LogP contribution in [0.25, 0.3) is 0 Å². The second kappa shape index (κ2) is 12.0. The molecule has 0 aromatic rings. The Bertz CT molecular complexity index is 211. The van der Waals surface area contributed by atoms with Crippen LogP contribution in [-0.2, 0) is 4.74 Å². The van der Waals surface area contributed by atoms with Gasteiger partial charge in [-0.15, -0.1) is 0 Å². The summed E-state index contributed by atoms with van der Waals surface area (Å²) in [6.07, 6.45) is 18.3. The highest BCUT2D eigenvalue weighted by Crippen LogP contribution is 2.36. The molecule has 120 valence electrons. The average molecular weight is 347 g/mol. The van der Waals surface area contributed by atoms with Crippen LogP contribution in [0, 0.1) is 5.41 Å². The first-order chi connectivity index (χ1) is 9.83. The molecule has 0 spiro atoms. The Balaban J connectivity index is 1.91. The van der Waals surface area contributed by atoms with Gasteiger partial charge in [0.2, 0.25) is 0 Å². The van der Waals surface area contributed by atoms with Gasteiger partial charge < -0.3 is 4.74 Å². The Morgan fingerprint density at radius 2 is 1.50 bits per heavy atom. The van der Waals surface area contributed by atoms with Crippen molar-refractivity contribution in [2.45, 2.75) is 90.4 Å². The summed E-state index contributed by atoms with van der Waals surface area (Å²) in [7, 11) is 0. The van der Waals surface area contributed by atoms with E-state index < -0.39 is 0 Å². The molecule has 2 heteroatoms. The van der Waals surface area contributed by atoms with E-state index in [-0.39, 0.29) is 0 Å². The van der Waals surface area contributed by atoms with E-state index in [1.54, 1.807) is 0 Å². The third kappa shape index (κ3) is 8.02. The lowest BCUT2D eigenvalue weighted by Crippen LogP contribution is -2.33. The molecule has 20 heavy (non-hydrogen) atoms. The van der Waals surface area contributed by atoms with Crippen molar-refractivity contribution in [3.05, 3.63) is 0 Å². The van der Waals surface area contributed by atoms with Gasteiger partial charge in [0.1, 0.15) is 0 Å². The van der Waals surface area contributed by atoms with Crippen LogP contribution in [0.15, 0.2) is 0 Å². The zero-order valence-corrected chi connectivity index (χ0v) is 15.2. The first-order valence-corrected chi connectivity index (χ1v) is 10.1. The second-order valence-corrected chi connectivity index (χ2v) is 7.28. The second-order valence-electron chi connectivity index (χ2n) is 6.72. The molecule has 0 amide bonds. The molecule has 0 saturated carbocycles. The molecule has 1 aliphatic heterocycles. The molecule has 0 radical (unpaired) electrons. The number of rotatable bonds is 12. The molecule has 1 fully saturated rings. The Kier molecular flexibility index (Phi) is 11.1. The molecule has 0 N–H and O–H groups in total. The summed E-state index contributed by atoms with van der Waals surface area (Å²) in [6.45, 7) is 4.25. The maximum Gasteiger partial charge on any atom is 0.0530 e. The van der Waals surface area contributed by atoms with E-state index in [4.69, 9.17) is 4.74 Å². The molecule has 1 heterocycles. The van der Waals surface area contributed by atoms with Crippen molar-refractivity contribution >= 4 is 15.9 Å². The zero-order valence-electron chi connectivity index (χ0n) is 13.6. The highest BCUT2D eigenvalue weighted by atomic mass is 79.9. The lowest BCUT2D eigenvalue weighted by Gasteiger charge is -2.35. The van der Waals surface area contributed by atoms with E-state index in [9.17, 15) is 0 Å². The van der Waals surface area contributed by atoms with E-state index in [0.29, 0.717) is 5.41 Å². The van der Waals surface area contributed by atoms with Crippen molar-refractivity contribution < 1.29 is 4.74 Å². The van der Waals surface area contributed by atoms with E-state index in [2.05, 4.69) is 22.9 Å². The quantitative estimate of drug-likeness (QED) is 0.290. The van der Waals surface area contributed by atoms with Crippen LogP contribution in [-0.4, -0.2) is 18.5 Å². The Morgan fingerprint density at radius 3 is 2.00 bits per heavy atom. The third-order valence-electron chi connectivity index (χ3n) is 4.75. The summed E-state index contributed by atoms with van der Waals surface area (Å²) in [4.78, 5) is 0. The molecule has 1 aliphatic rings. The Hall–Kier alpha value is 0.440. The number of hydrogen-bond donors (Lipinski definition) is 0. The lowest BCUT2D eigenvalue weighted by molar-refractivity contribution is 0.000215. The summed E-state index contributed by atoms with van der Waals surface area (Å²) < 4.78 is 5.69. The number of hydrogen-bond acceptors (Lipinski definition) is 1. The van der Waals surface area contributed by atoms with Gasteiger partial charge in [-0.3, -0.25) is 0 Å². The summed E-state index contributed by atoms with van der Waals surface area (Å²) in [6, 6.07) is 0. The van der Waals surface area contributed by atoms with Gasteiger partial charge in [0.15, 0.2) is 0 Å². The summed E-state index contributed by atoms with van der Waals surface area (Å²) in [5.74, 6) is 0. The fourth-order valence-electron chi connectivity index (χ4n) is 3.27. The molecular weight excluding hydrogens is 312 g/mol. The van der Waals surface area contributed by atoms with Crippen LogP contribution < -0.4 is 0 Å². The van der Waals surface area contributed by atoms with Crippen LogP contribution in [0.1, 0.15) is 90.4 Å². The predicted molar refractivity (Wildman–Crippen MR) is 92.7 cm³/mol. The monoisotopic (exact) mass is 346 g/mol. The minimum Gasteiger partial charge on any atom is -0.381 e. The van der Waals surface area contributed by atoms with E-state index in [0.717, 1.165) is 18.5 Å². The minimum absolute atomic E-state index is 0.457. The van der Waals surface area contributed by atoms with Gasteiger partial charge >= 0.3 is 0 Å². The van der Waals surface area contributed by atoms with E-state index in [1.807, 2.05) is 0 Å². The molecule has 0 aromatic carbocycles. The fourth-order valence-corrected chi connectivity index (χ4v) is 3.99. The van der Waals surface area contributed by atoms with Crippen molar-refractivity contribution in [2.75, 3.05) is 18.5 Å². The topological polar surface area (TPSA) is 9.23 Å². The van der Waals surface area contributed by atoms with Gasteiger partial charge in [-0.1, -0.05) is 87.1 Å². The van der Waals surface area contributed by atoms with Crippen molar-refractivity contribution in [1.82, 2.24) is 0 Å². The third-order valence-corrected chi connectivity index (χ3v) is 5.94. The van der Waals surface area contributed by atoms with Crippen molar-refractivity contribution in [2.24, 2.45) is 5.41 Å². The first kappa shape index (κ1) is 18.5. The maximum atomic E-state index is 5.69. The molecule has 1 rings (SSSR count). The van der Waals surface area contributed by atoms with Crippen LogP contribution in [0.4, 0.5) is 0 Å². The fraction of sp³-hybridized carbons (Fsp3) is 1.00. The summed E-state index contributed by atoms with van der Waals surface area (Å²) in [5.41, 5.74) is 0.457. The van der Waals surface area contributed by atoms with Gasteiger partial charge in [0.25, 0.3) is 0 Å². The van der Waals surface area contributed by atoms with Crippen molar-refractivity contribution in [1.29, 1.82) is 0 Å². The van der Waals surface area contributed by atoms with Crippen molar-refractivity contribution in [3.8, 4) is 0 Å². The first-order valence-electron chi connectivity index (χ1n) is 8.97. The molecule has 0 aliphatic carbocycles. The number of halogens is 1. The van der Waals surface area contributed by atoms with E-state index >= 15 is 0 Å². The average Bonchev–Trinajstić information content (AvgIpc) is 2.50. The van der Waals surface area contributed by atoms with Crippen molar-refractivity contribution in [3.63, 3.8) is 0 Å². The Labute approximate surface area is 135 Å². The van der Waals surface area contributed by atoms with Gasteiger partial charge in [-0.25, -0.2) is 0 Å². The van der Waals surface area contributed by atoms with Crippen LogP contribution in [0.2, 0.25) is 0 Å². The lowest BCUT2D eigenvalue weighted by atomic mass is 9.80. The van der Waals surface area contributed by atoms with Crippen LogP contribution >= 0.6 is 15.9 Å².